The normalized spacial score (nSPS) is 22.0. The van der Waals surface area contributed by atoms with Crippen LogP contribution in [0.3, 0.4) is 0 Å². The molecular formula is C26H37N3O4S. The van der Waals surface area contributed by atoms with Gasteiger partial charge in [0.2, 0.25) is 5.95 Å². The second-order valence-corrected chi connectivity index (χ2v) is 11.8. The molecule has 3 atom stereocenters. The number of sulfone groups is 1. The Morgan fingerprint density at radius 3 is 2.32 bits per heavy atom. The topological polar surface area (TPSA) is 81.6 Å². The molecule has 0 radical (unpaired) electrons. The maximum Gasteiger partial charge on any atom is 0.225 e. The van der Waals surface area contributed by atoms with E-state index in [4.69, 9.17) is 9.47 Å². The molecule has 1 aliphatic heterocycles. The van der Waals surface area contributed by atoms with Crippen molar-refractivity contribution in [1.29, 1.82) is 0 Å². The van der Waals surface area contributed by atoms with E-state index >= 15 is 0 Å². The Kier molecular flexibility index (Phi) is 8.22. The molecule has 0 amide bonds. The lowest BCUT2D eigenvalue weighted by molar-refractivity contribution is -0.0280. The number of hydrogen-bond acceptors (Lipinski definition) is 7. The highest BCUT2D eigenvalue weighted by molar-refractivity contribution is 7.91. The monoisotopic (exact) mass is 487 g/mol. The Morgan fingerprint density at radius 1 is 1.06 bits per heavy atom. The van der Waals surface area contributed by atoms with Gasteiger partial charge in [-0.15, -0.1) is 0 Å². The second kappa shape index (κ2) is 11.1. The molecule has 186 valence electrons. The molecule has 34 heavy (non-hydrogen) atoms. The van der Waals surface area contributed by atoms with Crippen LogP contribution < -0.4 is 4.90 Å². The van der Waals surface area contributed by atoms with Crippen molar-refractivity contribution in [2.75, 3.05) is 37.5 Å². The summed E-state index contributed by atoms with van der Waals surface area (Å²) in [5.74, 6) is 2.87. The van der Waals surface area contributed by atoms with E-state index < -0.39 is 9.84 Å². The van der Waals surface area contributed by atoms with Gasteiger partial charge in [0.05, 0.1) is 30.0 Å². The minimum absolute atomic E-state index is 0.0667. The predicted octanol–water partition coefficient (Wildman–Crippen LogP) is 3.92. The highest BCUT2D eigenvalue weighted by Gasteiger charge is 2.48. The highest BCUT2D eigenvalue weighted by atomic mass is 32.2. The fourth-order valence-corrected chi connectivity index (χ4v) is 5.93. The van der Waals surface area contributed by atoms with Gasteiger partial charge in [-0.05, 0) is 66.7 Å². The summed E-state index contributed by atoms with van der Waals surface area (Å²) in [5.41, 5.74) is 2.15. The number of anilines is 1. The molecular weight excluding hydrogens is 450 g/mol. The van der Waals surface area contributed by atoms with Crippen LogP contribution in [0.15, 0.2) is 41.6 Å². The summed E-state index contributed by atoms with van der Waals surface area (Å²) in [5, 5.41) is 0. The van der Waals surface area contributed by atoms with Gasteiger partial charge < -0.3 is 14.4 Å². The first-order valence-corrected chi connectivity index (χ1v) is 14.1. The fraction of sp³-hybridized carbons (Fsp3) is 0.615. The van der Waals surface area contributed by atoms with Crippen LogP contribution in [0, 0.1) is 17.8 Å². The Bertz CT molecular complexity index is 1020. The molecule has 8 heteroatoms. The van der Waals surface area contributed by atoms with Crippen LogP contribution in [0.25, 0.3) is 0 Å². The fourth-order valence-electron chi connectivity index (χ4n) is 5.05. The molecule has 2 aliphatic rings. The van der Waals surface area contributed by atoms with Crippen molar-refractivity contribution in [3.63, 3.8) is 0 Å². The molecule has 1 saturated carbocycles. The lowest BCUT2D eigenvalue weighted by Gasteiger charge is -2.32. The summed E-state index contributed by atoms with van der Waals surface area (Å²) < 4.78 is 35.8. The Balaban J connectivity index is 1.27. The lowest BCUT2D eigenvalue weighted by Crippen LogP contribution is -2.36. The van der Waals surface area contributed by atoms with Crippen molar-refractivity contribution in [3.8, 4) is 0 Å². The van der Waals surface area contributed by atoms with Gasteiger partial charge in [-0.2, -0.15) is 0 Å². The Labute approximate surface area is 203 Å². The van der Waals surface area contributed by atoms with E-state index in [-0.39, 0.29) is 11.9 Å². The number of piperidine rings is 1. The van der Waals surface area contributed by atoms with Crippen LogP contribution in [0.5, 0.6) is 0 Å². The van der Waals surface area contributed by atoms with E-state index in [0.29, 0.717) is 35.9 Å². The first-order valence-electron chi connectivity index (χ1n) is 12.4. The summed E-state index contributed by atoms with van der Waals surface area (Å²) in [6.07, 6.45) is 8.41. The average molecular weight is 488 g/mol. The second-order valence-electron chi connectivity index (χ2n) is 9.48. The smallest absolute Gasteiger partial charge is 0.225 e. The maximum atomic E-state index is 12.0. The molecule has 2 heterocycles. The molecule has 2 aromatic rings. The molecule has 2 unspecified atom stereocenters. The van der Waals surface area contributed by atoms with Crippen molar-refractivity contribution in [2.24, 2.45) is 17.8 Å². The number of aryl methyl sites for hydroxylation is 1. The zero-order chi connectivity index (χ0) is 24.1. The summed E-state index contributed by atoms with van der Waals surface area (Å²) >= 11 is 0. The van der Waals surface area contributed by atoms with E-state index in [1.54, 1.807) is 26.2 Å². The van der Waals surface area contributed by atoms with Gasteiger partial charge in [0, 0.05) is 32.6 Å². The molecule has 0 bridgehead atoms. The number of ether oxygens (including phenoxy) is 2. The quantitative estimate of drug-likeness (QED) is 0.475. The average Bonchev–Trinajstić information content (AvgIpc) is 3.68. The molecule has 2 fully saturated rings. The number of methoxy groups -OCH3 is 1. The van der Waals surface area contributed by atoms with Crippen LogP contribution in [-0.2, 0) is 32.3 Å². The molecule has 1 aromatic heterocycles. The summed E-state index contributed by atoms with van der Waals surface area (Å²) in [6, 6.07) is 7.05. The van der Waals surface area contributed by atoms with Gasteiger partial charge in [0.1, 0.15) is 0 Å². The van der Waals surface area contributed by atoms with E-state index in [1.807, 2.05) is 24.5 Å². The molecule has 1 aromatic carbocycles. The number of hydrogen-bond donors (Lipinski definition) is 0. The zero-order valence-electron chi connectivity index (χ0n) is 20.5. The zero-order valence-corrected chi connectivity index (χ0v) is 21.3. The Hall–Kier alpha value is -2.03. The molecule has 7 nitrogen and oxygen atoms in total. The third-order valence-electron chi connectivity index (χ3n) is 7.35. The summed E-state index contributed by atoms with van der Waals surface area (Å²) in [6.45, 7) is 6.83. The summed E-state index contributed by atoms with van der Waals surface area (Å²) in [4.78, 5) is 11.8. The first-order chi connectivity index (χ1) is 16.4. The molecule has 0 N–H and O–H groups in total. The number of nitrogens with zero attached hydrogens (tertiary/aromatic N) is 3. The van der Waals surface area contributed by atoms with Crippen LogP contribution in [0.4, 0.5) is 5.95 Å². The third-order valence-corrected chi connectivity index (χ3v) is 9.10. The van der Waals surface area contributed by atoms with Crippen molar-refractivity contribution in [1.82, 2.24) is 9.97 Å². The van der Waals surface area contributed by atoms with Crippen molar-refractivity contribution < 1.29 is 17.9 Å². The predicted molar refractivity (Wildman–Crippen MR) is 133 cm³/mol. The van der Waals surface area contributed by atoms with E-state index in [9.17, 15) is 8.42 Å². The largest absolute Gasteiger partial charge is 0.382 e. The van der Waals surface area contributed by atoms with Gasteiger partial charge >= 0.3 is 0 Å². The number of aromatic nitrogens is 2. The SMILES string of the molecule is CCc1cnc(N2CCC(C3CC3[C@@H](COC)OCc3ccc(S(=O)(=O)CC)cc3)CC2)nc1. The van der Waals surface area contributed by atoms with E-state index in [0.717, 1.165) is 43.9 Å². The van der Waals surface area contributed by atoms with Crippen LogP contribution in [0.1, 0.15) is 44.2 Å². The van der Waals surface area contributed by atoms with Gasteiger partial charge in [0.15, 0.2) is 9.84 Å². The van der Waals surface area contributed by atoms with Crippen LogP contribution >= 0.6 is 0 Å². The van der Waals surface area contributed by atoms with E-state index in [2.05, 4.69) is 21.8 Å². The molecule has 4 rings (SSSR count). The molecule has 0 spiro atoms. The minimum atomic E-state index is -3.18. The van der Waals surface area contributed by atoms with Crippen molar-refractivity contribution >= 4 is 15.8 Å². The van der Waals surface area contributed by atoms with Crippen molar-refractivity contribution in [3.05, 3.63) is 47.8 Å². The first kappa shape index (κ1) is 25.1. The number of benzene rings is 1. The highest BCUT2D eigenvalue weighted by Crippen LogP contribution is 2.50. The van der Waals surface area contributed by atoms with Gasteiger partial charge in [-0.25, -0.2) is 18.4 Å². The van der Waals surface area contributed by atoms with Crippen LogP contribution in [-0.4, -0.2) is 57.0 Å². The van der Waals surface area contributed by atoms with Crippen molar-refractivity contribution in [2.45, 2.75) is 57.1 Å². The van der Waals surface area contributed by atoms with Crippen LogP contribution in [0.2, 0.25) is 0 Å². The van der Waals surface area contributed by atoms with Gasteiger partial charge in [-0.3, -0.25) is 0 Å². The Morgan fingerprint density at radius 2 is 1.74 bits per heavy atom. The van der Waals surface area contributed by atoms with E-state index in [1.165, 1.54) is 12.0 Å². The third kappa shape index (κ3) is 5.96. The van der Waals surface area contributed by atoms with Gasteiger partial charge in [0.25, 0.3) is 0 Å². The molecule has 1 saturated heterocycles. The lowest BCUT2D eigenvalue weighted by atomic mass is 9.90. The number of rotatable bonds is 11. The minimum Gasteiger partial charge on any atom is -0.382 e. The van der Waals surface area contributed by atoms with Gasteiger partial charge in [-0.1, -0.05) is 26.0 Å². The summed E-state index contributed by atoms with van der Waals surface area (Å²) in [7, 11) is -1.45. The maximum absolute atomic E-state index is 12.0. The standard InChI is InChI=1S/C26H37N3O4S/c1-4-19-15-27-26(28-16-19)29-12-10-21(11-13-29)23-14-24(23)25(18-32-3)33-17-20-6-8-22(9-7-20)34(30,31)5-2/h6-9,15-16,21,23-25H,4-5,10-14,17-18H2,1-3H3/t23?,24?,25-/m1/s1. The molecule has 1 aliphatic carbocycles.